The normalized spacial score (nSPS) is 10.8. The summed E-state index contributed by atoms with van der Waals surface area (Å²) in [5.41, 5.74) is 0. The Morgan fingerprint density at radius 1 is 0.800 bits per heavy atom. The summed E-state index contributed by atoms with van der Waals surface area (Å²) >= 11 is 1.89. The zero-order chi connectivity index (χ0) is 14.3. The van der Waals surface area contributed by atoms with Gasteiger partial charge in [-0.15, -0.1) is 11.3 Å². The highest BCUT2D eigenvalue weighted by atomic mass is 32.1. The molecule has 1 nitrogen and oxygen atoms in total. The molecule has 0 N–H and O–H groups in total. The first-order valence-electron chi connectivity index (χ1n) is 8.39. The van der Waals surface area contributed by atoms with Crippen LogP contribution in [0.5, 0.6) is 0 Å². The maximum atomic E-state index is 10.2. The Morgan fingerprint density at radius 2 is 1.35 bits per heavy atom. The van der Waals surface area contributed by atoms with Crippen molar-refractivity contribution in [2.75, 3.05) is 0 Å². The third-order valence-electron chi connectivity index (χ3n) is 3.83. The van der Waals surface area contributed by atoms with E-state index in [4.69, 9.17) is 0 Å². The SMILES string of the molecule is O=CCCCCCCCCCCCCCc1cccs1. The Hall–Kier alpha value is -0.630. The van der Waals surface area contributed by atoms with E-state index in [0.29, 0.717) is 0 Å². The number of aldehydes is 1. The van der Waals surface area contributed by atoms with Crippen molar-refractivity contribution in [2.24, 2.45) is 0 Å². The fourth-order valence-electron chi connectivity index (χ4n) is 2.57. The second kappa shape index (κ2) is 13.4. The molecule has 0 aliphatic carbocycles. The Kier molecular flexibility index (Phi) is 11.6. The van der Waals surface area contributed by atoms with Gasteiger partial charge < -0.3 is 4.79 Å². The van der Waals surface area contributed by atoms with Crippen LogP contribution in [-0.2, 0) is 11.2 Å². The summed E-state index contributed by atoms with van der Waals surface area (Å²) in [6.45, 7) is 0. The van der Waals surface area contributed by atoms with E-state index in [-0.39, 0.29) is 0 Å². The van der Waals surface area contributed by atoms with Crippen LogP contribution < -0.4 is 0 Å². The van der Waals surface area contributed by atoms with E-state index in [1.807, 2.05) is 11.3 Å². The number of thiophene rings is 1. The number of carbonyl (C=O) groups is 1. The molecule has 0 aliphatic rings. The first-order chi connectivity index (χ1) is 9.93. The van der Waals surface area contributed by atoms with Crippen molar-refractivity contribution in [1.29, 1.82) is 0 Å². The fourth-order valence-corrected chi connectivity index (χ4v) is 3.32. The van der Waals surface area contributed by atoms with Crippen molar-refractivity contribution < 1.29 is 4.79 Å². The number of hydrogen-bond donors (Lipinski definition) is 0. The van der Waals surface area contributed by atoms with Crippen LogP contribution >= 0.6 is 11.3 Å². The van der Waals surface area contributed by atoms with Crippen LogP contribution in [0, 0.1) is 0 Å². The minimum Gasteiger partial charge on any atom is -0.303 e. The van der Waals surface area contributed by atoms with Crippen molar-refractivity contribution in [3.8, 4) is 0 Å². The topological polar surface area (TPSA) is 17.1 Å². The standard InChI is InChI=1S/C18H30OS/c19-16-12-10-8-6-4-2-1-3-5-7-9-11-14-18-15-13-17-20-18/h13,15-17H,1-12,14H2. The van der Waals surface area contributed by atoms with Crippen LogP contribution in [0.2, 0.25) is 0 Å². The Balaban J connectivity index is 1.71. The lowest BCUT2D eigenvalue weighted by Crippen LogP contribution is -1.84. The Bertz CT molecular complexity index is 305. The summed E-state index contributed by atoms with van der Waals surface area (Å²) in [5.74, 6) is 0. The number of aryl methyl sites for hydroxylation is 1. The van der Waals surface area contributed by atoms with Gasteiger partial charge in [-0.2, -0.15) is 0 Å². The number of rotatable bonds is 14. The number of carbonyl (C=O) groups excluding carboxylic acids is 1. The lowest BCUT2D eigenvalue weighted by Gasteiger charge is -2.02. The van der Waals surface area contributed by atoms with Gasteiger partial charge in [-0.25, -0.2) is 0 Å². The average Bonchev–Trinajstić information content (AvgIpc) is 2.97. The molecular formula is C18H30OS. The van der Waals surface area contributed by atoms with Gasteiger partial charge in [0.25, 0.3) is 0 Å². The molecule has 0 aliphatic heterocycles. The highest BCUT2D eigenvalue weighted by Crippen LogP contribution is 2.15. The maximum absolute atomic E-state index is 10.2. The molecule has 0 aromatic carbocycles. The molecule has 0 radical (unpaired) electrons. The molecule has 0 bridgehead atoms. The van der Waals surface area contributed by atoms with Crippen LogP contribution in [0.3, 0.4) is 0 Å². The number of hydrogen-bond acceptors (Lipinski definition) is 2. The highest BCUT2D eigenvalue weighted by molar-refractivity contribution is 7.09. The molecule has 1 rings (SSSR count). The van der Waals surface area contributed by atoms with Crippen molar-refractivity contribution >= 4 is 17.6 Å². The van der Waals surface area contributed by atoms with Gasteiger partial charge in [-0.1, -0.05) is 63.9 Å². The molecule has 1 heterocycles. The Morgan fingerprint density at radius 3 is 1.85 bits per heavy atom. The van der Waals surface area contributed by atoms with E-state index >= 15 is 0 Å². The molecule has 0 saturated carbocycles. The Labute approximate surface area is 128 Å². The van der Waals surface area contributed by atoms with Crippen LogP contribution in [0.15, 0.2) is 17.5 Å². The zero-order valence-corrected chi connectivity index (χ0v) is 13.6. The molecule has 1 aromatic rings. The smallest absolute Gasteiger partial charge is 0.119 e. The van der Waals surface area contributed by atoms with Gasteiger partial charge in [0.05, 0.1) is 0 Å². The molecule has 0 fully saturated rings. The van der Waals surface area contributed by atoms with E-state index in [1.54, 1.807) is 4.88 Å². The third-order valence-corrected chi connectivity index (χ3v) is 4.76. The average molecular weight is 295 g/mol. The van der Waals surface area contributed by atoms with Crippen molar-refractivity contribution in [1.82, 2.24) is 0 Å². The molecule has 0 spiro atoms. The summed E-state index contributed by atoms with van der Waals surface area (Å²) < 4.78 is 0. The first kappa shape index (κ1) is 17.4. The van der Waals surface area contributed by atoms with Crippen molar-refractivity contribution in [3.63, 3.8) is 0 Å². The van der Waals surface area contributed by atoms with Crippen molar-refractivity contribution in [3.05, 3.63) is 22.4 Å². The monoisotopic (exact) mass is 294 g/mol. The molecule has 20 heavy (non-hydrogen) atoms. The minimum atomic E-state index is 0.755. The fraction of sp³-hybridized carbons (Fsp3) is 0.722. The van der Waals surface area contributed by atoms with Crippen LogP contribution in [0.1, 0.15) is 81.9 Å². The second-order valence-corrected chi connectivity index (χ2v) is 6.71. The maximum Gasteiger partial charge on any atom is 0.119 e. The quantitative estimate of drug-likeness (QED) is 0.296. The predicted molar refractivity (Wildman–Crippen MR) is 89.5 cm³/mol. The highest BCUT2D eigenvalue weighted by Gasteiger charge is 1.95. The van der Waals surface area contributed by atoms with E-state index < -0.39 is 0 Å². The summed E-state index contributed by atoms with van der Waals surface area (Å²) in [5, 5.41) is 2.17. The zero-order valence-electron chi connectivity index (χ0n) is 12.8. The van der Waals surface area contributed by atoms with Gasteiger partial charge in [0.15, 0.2) is 0 Å². The van der Waals surface area contributed by atoms with E-state index in [2.05, 4.69) is 17.5 Å². The largest absolute Gasteiger partial charge is 0.303 e. The molecule has 0 amide bonds. The lowest BCUT2D eigenvalue weighted by atomic mass is 10.0. The van der Waals surface area contributed by atoms with E-state index in [0.717, 1.165) is 19.1 Å². The molecule has 114 valence electrons. The van der Waals surface area contributed by atoms with Crippen LogP contribution in [0.25, 0.3) is 0 Å². The molecule has 0 unspecified atom stereocenters. The van der Waals surface area contributed by atoms with E-state index in [1.165, 1.54) is 70.6 Å². The lowest BCUT2D eigenvalue weighted by molar-refractivity contribution is -0.107. The molecule has 0 atom stereocenters. The summed E-state index contributed by atoms with van der Waals surface area (Å²) in [6, 6.07) is 4.40. The third kappa shape index (κ3) is 10.2. The summed E-state index contributed by atoms with van der Waals surface area (Å²) in [7, 11) is 0. The van der Waals surface area contributed by atoms with Crippen LogP contribution in [-0.4, -0.2) is 6.29 Å². The second-order valence-electron chi connectivity index (χ2n) is 5.67. The van der Waals surface area contributed by atoms with Crippen LogP contribution in [0.4, 0.5) is 0 Å². The van der Waals surface area contributed by atoms with Gasteiger partial charge in [0.2, 0.25) is 0 Å². The summed E-state index contributed by atoms with van der Waals surface area (Å²) in [4.78, 5) is 11.7. The van der Waals surface area contributed by atoms with Gasteiger partial charge in [0, 0.05) is 11.3 Å². The molecular weight excluding hydrogens is 264 g/mol. The molecule has 1 aromatic heterocycles. The van der Waals surface area contributed by atoms with Gasteiger partial charge >= 0.3 is 0 Å². The summed E-state index contributed by atoms with van der Waals surface area (Å²) in [6.07, 6.45) is 17.8. The molecule has 0 saturated heterocycles. The minimum absolute atomic E-state index is 0.755. The van der Waals surface area contributed by atoms with Gasteiger partial charge in [-0.3, -0.25) is 0 Å². The predicted octanol–water partition coefficient (Wildman–Crippen LogP) is 6.17. The van der Waals surface area contributed by atoms with E-state index in [9.17, 15) is 4.79 Å². The first-order valence-corrected chi connectivity index (χ1v) is 9.27. The van der Waals surface area contributed by atoms with Gasteiger partial charge in [0.1, 0.15) is 6.29 Å². The van der Waals surface area contributed by atoms with Crippen molar-refractivity contribution in [2.45, 2.75) is 83.5 Å². The van der Waals surface area contributed by atoms with Gasteiger partial charge in [-0.05, 0) is 30.7 Å². The molecule has 2 heteroatoms. The number of unbranched alkanes of at least 4 members (excludes halogenated alkanes) is 11.